The fraction of sp³-hybridized carbons (Fsp3) is 0.0909. The number of nitro groups is 1. The van der Waals surface area contributed by atoms with E-state index in [1.54, 1.807) is 0 Å². The van der Waals surface area contributed by atoms with Gasteiger partial charge in [-0.15, -0.1) is 0 Å². The van der Waals surface area contributed by atoms with Crippen LogP contribution >= 0.6 is 0 Å². The van der Waals surface area contributed by atoms with E-state index in [2.05, 4.69) is 5.10 Å². The molecule has 0 aliphatic rings. The molecule has 0 aliphatic carbocycles. The van der Waals surface area contributed by atoms with Gasteiger partial charge in [0.05, 0.1) is 22.7 Å². The topological polar surface area (TPSA) is 78.0 Å². The smallest absolute Gasteiger partial charge is 0.267 e. The molecule has 0 amide bonds. The van der Waals surface area contributed by atoms with Gasteiger partial charge in [0.25, 0.3) is 5.56 Å². The molecule has 0 N–H and O–H groups in total. The van der Waals surface area contributed by atoms with E-state index in [1.807, 2.05) is 0 Å². The molecule has 6 nitrogen and oxygen atoms in total. The van der Waals surface area contributed by atoms with E-state index in [0.29, 0.717) is 6.07 Å². The van der Waals surface area contributed by atoms with Gasteiger partial charge in [-0.25, -0.2) is 4.39 Å². The summed E-state index contributed by atoms with van der Waals surface area (Å²) in [5, 5.41) is 13.5. The van der Waals surface area contributed by atoms with Gasteiger partial charge >= 0.3 is 11.9 Å². The van der Waals surface area contributed by atoms with E-state index in [9.17, 15) is 36.9 Å². The van der Waals surface area contributed by atoms with Crippen molar-refractivity contribution < 1.29 is 26.9 Å². The molecule has 0 unspecified atom stereocenters. The van der Waals surface area contributed by atoms with Crippen LogP contribution in [0.1, 0.15) is 5.56 Å². The predicted molar refractivity (Wildman–Crippen MR) is 61.4 cm³/mol. The number of benzene rings is 1. The summed E-state index contributed by atoms with van der Waals surface area (Å²) in [7, 11) is 0. The first-order valence-electron chi connectivity index (χ1n) is 5.41. The molecule has 0 saturated heterocycles. The van der Waals surface area contributed by atoms with Gasteiger partial charge < -0.3 is 0 Å². The predicted octanol–water partition coefficient (Wildman–Crippen LogP) is 2.44. The molecular formula is C11H4F5N3O3. The van der Waals surface area contributed by atoms with E-state index in [1.165, 1.54) is 0 Å². The highest BCUT2D eigenvalue weighted by Gasteiger charge is 2.32. The highest BCUT2D eigenvalue weighted by atomic mass is 19.4. The lowest BCUT2D eigenvalue weighted by molar-refractivity contribution is -0.387. The fourth-order valence-electron chi connectivity index (χ4n) is 1.57. The lowest BCUT2D eigenvalue weighted by atomic mass is 10.2. The molecule has 0 saturated carbocycles. The van der Waals surface area contributed by atoms with E-state index >= 15 is 0 Å². The minimum Gasteiger partial charge on any atom is -0.267 e. The Kier molecular flexibility index (Phi) is 3.65. The minimum atomic E-state index is -4.83. The fourth-order valence-corrected chi connectivity index (χ4v) is 1.57. The maximum absolute atomic E-state index is 13.7. The second-order valence-electron chi connectivity index (χ2n) is 4.00. The first-order chi connectivity index (χ1) is 10.1. The molecule has 0 atom stereocenters. The Morgan fingerprint density at radius 3 is 2.27 bits per heavy atom. The second-order valence-corrected chi connectivity index (χ2v) is 4.00. The quantitative estimate of drug-likeness (QED) is 0.483. The molecule has 116 valence electrons. The van der Waals surface area contributed by atoms with Crippen molar-refractivity contribution in [2.24, 2.45) is 0 Å². The summed E-state index contributed by atoms with van der Waals surface area (Å²) >= 11 is 0. The Morgan fingerprint density at radius 1 is 1.14 bits per heavy atom. The van der Waals surface area contributed by atoms with Gasteiger partial charge in [0, 0.05) is 12.1 Å². The Hall–Kier alpha value is -2.85. The second kappa shape index (κ2) is 5.16. The molecule has 0 spiro atoms. The number of halogens is 5. The normalized spacial score (nSPS) is 11.5. The zero-order chi connectivity index (χ0) is 16.7. The van der Waals surface area contributed by atoms with Crippen LogP contribution in [0.25, 0.3) is 5.69 Å². The largest absolute Gasteiger partial charge is 0.418 e. The molecule has 1 aromatic carbocycles. The van der Waals surface area contributed by atoms with Crippen molar-refractivity contribution in [1.82, 2.24) is 9.78 Å². The summed E-state index contributed by atoms with van der Waals surface area (Å²) in [5.74, 6) is -2.85. The van der Waals surface area contributed by atoms with Crippen LogP contribution in [0.2, 0.25) is 0 Å². The van der Waals surface area contributed by atoms with Crippen LogP contribution < -0.4 is 5.56 Å². The number of rotatable bonds is 2. The number of aromatic nitrogens is 2. The monoisotopic (exact) mass is 321 g/mol. The molecule has 0 bridgehead atoms. The average Bonchev–Trinajstić information content (AvgIpc) is 2.39. The zero-order valence-corrected chi connectivity index (χ0v) is 10.3. The zero-order valence-electron chi connectivity index (χ0n) is 10.3. The molecule has 0 fully saturated rings. The third kappa shape index (κ3) is 2.77. The van der Waals surface area contributed by atoms with Crippen molar-refractivity contribution in [3.8, 4) is 5.69 Å². The van der Waals surface area contributed by atoms with Gasteiger partial charge in [-0.05, 0) is 0 Å². The van der Waals surface area contributed by atoms with Crippen LogP contribution in [0.15, 0.2) is 29.2 Å². The summed E-state index contributed by atoms with van der Waals surface area (Å²) in [6.45, 7) is 0. The van der Waals surface area contributed by atoms with Crippen molar-refractivity contribution in [1.29, 1.82) is 0 Å². The van der Waals surface area contributed by atoms with Crippen molar-refractivity contribution in [3.05, 3.63) is 62.1 Å². The maximum Gasteiger partial charge on any atom is 0.418 e. The third-order valence-corrected chi connectivity index (χ3v) is 2.57. The van der Waals surface area contributed by atoms with E-state index in [0.717, 1.165) is 0 Å². The van der Waals surface area contributed by atoms with Crippen LogP contribution in [-0.4, -0.2) is 14.7 Å². The van der Waals surface area contributed by atoms with Gasteiger partial charge in [0.15, 0.2) is 5.82 Å². The number of nitro benzene ring substituents is 1. The van der Waals surface area contributed by atoms with Gasteiger partial charge in [-0.2, -0.15) is 27.3 Å². The minimum absolute atomic E-state index is 0.145. The SMILES string of the molecule is O=c1cc(C(F)(F)F)cnn1-c1cc(F)c([N+](=O)[O-])cc1F. The van der Waals surface area contributed by atoms with E-state index < -0.39 is 45.2 Å². The highest BCUT2D eigenvalue weighted by molar-refractivity contribution is 5.43. The van der Waals surface area contributed by atoms with Crippen LogP contribution in [0.5, 0.6) is 0 Å². The van der Waals surface area contributed by atoms with Gasteiger partial charge in [-0.1, -0.05) is 0 Å². The van der Waals surface area contributed by atoms with Gasteiger partial charge in [-0.3, -0.25) is 14.9 Å². The van der Waals surface area contributed by atoms with Crippen molar-refractivity contribution >= 4 is 5.69 Å². The van der Waals surface area contributed by atoms with Gasteiger partial charge in [0.2, 0.25) is 5.82 Å². The number of hydrogen-bond donors (Lipinski definition) is 0. The highest BCUT2D eigenvalue weighted by Crippen LogP contribution is 2.28. The van der Waals surface area contributed by atoms with Crippen LogP contribution in [-0.2, 0) is 6.18 Å². The summed E-state index contributed by atoms with van der Waals surface area (Å²) in [5.41, 5.74) is -4.76. The lowest BCUT2D eigenvalue weighted by Crippen LogP contribution is -2.24. The molecule has 1 heterocycles. The Balaban J connectivity index is 2.61. The molecule has 2 aromatic rings. The molecule has 22 heavy (non-hydrogen) atoms. The molecular weight excluding hydrogens is 317 g/mol. The van der Waals surface area contributed by atoms with Crippen molar-refractivity contribution in [2.75, 3.05) is 0 Å². The van der Waals surface area contributed by atoms with Crippen LogP contribution in [0.3, 0.4) is 0 Å². The molecule has 2 rings (SSSR count). The van der Waals surface area contributed by atoms with Crippen molar-refractivity contribution in [3.63, 3.8) is 0 Å². The third-order valence-electron chi connectivity index (χ3n) is 2.57. The number of hydrogen-bond acceptors (Lipinski definition) is 4. The summed E-state index contributed by atoms with van der Waals surface area (Å²) in [6.07, 6.45) is -4.58. The molecule has 0 aliphatic heterocycles. The lowest BCUT2D eigenvalue weighted by Gasteiger charge is -2.09. The molecule has 1 aromatic heterocycles. The standard InChI is InChI=1S/C11H4F5N3O3/c12-6-3-9(19(21)22)7(13)2-8(6)18-10(20)1-5(4-17-18)11(14,15)16/h1-4H. The first kappa shape index (κ1) is 15.5. The van der Waals surface area contributed by atoms with E-state index in [-0.39, 0.29) is 23.0 Å². The van der Waals surface area contributed by atoms with Crippen LogP contribution in [0.4, 0.5) is 27.6 Å². The maximum atomic E-state index is 13.7. The van der Waals surface area contributed by atoms with Crippen LogP contribution in [0, 0.1) is 21.7 Å². The molecule has 11 heteroatoms. The average molecular weight is 321 g/mol. The number of nitrogens with zero attached hydrogens (tertiary/aromatic N) is 3. The summed E-state index contributed by atoms with van der Waals surface area (Å²) in [6, 6.07) is 0.650. The Labute approximate surface area is 117 Å². The first-order valence-corrected chi connectivity index (χ1v) is 5.41. The Bertz CT molecular complexity index is 816. The Morgan fingerprint density at radius 2 is 1.77 bits per heavy atom. The molecule has 0 radical (unpaired) electrons. The number of alkyl halides is 3. The van der Waals surface area contributed by atoms with E-state index in [4.69, 9.17) is 0 Å². The van der Waals surface area contributed by atoms with Crippen molar-refractivity contribution in [2.45, 2.75) is 6.18 Å². The summed E-state index contributed by atoms with van der Waals surface area (Å²) in [4.78, 5) is 20.8. The van der Waals surface area contributed by atoms with Gasteiger partial charge in [0.1, 0.15) is 5.69 Å². The summed E-state index contributed by atoms with van der Waals surface area (Å²) < 4.78 is 64.5.